The Balaban J connectivity index is 1.47. The number of anilines is 1. The lowest BCUT2D eigenvalue weighted by molar-refractivity contribution is -0.143. The summed E-state index contributed by atoms with van der Waals surface area (Å²) in [5.74, 6) is -6.62. The summed E-state index contributed by atoms with van der Waals surface area (Å²) in [5, 5.41) is 34.2. The molecule has 0 saturated heterocycles. The summed E-state index contributed by atoms with van der Waals surface area (Å²) in [6, 6.07) is 20.7. The molecular formula is C39H39N5O9S. The van der Waals surface area contributed by atoms with E-state index in [9.17, 15) is 43.8 Å². The van der Waals surface area contributed by atoms with Crippen LogP contribution >= 0.6 is 11.3 Å². The molecule has 2 aliphatic rings. The first-order valence-corrected chi connectivity index (χ1v) is 18.0. The highest BCUT2D eigenvalue weighted by molar-refractivity contribution is 7.09. The average Bonchev–Trinajstić information content (AvgIpc) is 3.67. The highest BCUT2D eigenvalue weighted by Gasteiger charge is 2.33. The molecule has 0 aliphatic carbocycles. The van der Waals surface area contributed by atoms with E-state index in [-0.39, 0.29) is 32.1 Å². The van der Waals surface area contributed by atoms with Crippen LogP contribution in [0.4, 0.5) is 5.69 Å². The molecule has 4 aromatic rings. The van der Waals surface area contributed by atoms with Crippen molar-refractivity contribution in [3.8, 4) is 11.1 Å². The van der Waals surface area contributed by atoms with Crippen LogP contribution < -0.4 is 26.6 Å². The van der Waals surface area contributed by atoms with Crippen LogP contribution in [0.5, 0.6) is 0 Å². The molecular weight excluding hydrogens is 715 g/mol. The predicted molar refractivity (Wildman–Crippen MR) is 199 cm³/mol. The molecule has 54 heavy (non-hydrogen) atoms. The molecule has 2 aliphatic heterocycles. The van der Waals surface area contributed by atoms with Gasteiger partial charge in [-0.25, -0.2) is 4.79 Å². The number of rotatable bonds is 8. The Bertz CT molecular complexity index is 1970. The highest BCUT2D eigenvalue weighted by atomic mass is 32.1. The number of carboxylic acid groups (broad SMARTS) is 2. The number of hydrogen-bond acceptors (Lipinski definition) is 8. The number of carbonyl (C=O) groups is 7. The zero-order valence-electron chi connectivity index (χ0n) is 29.0. The Morgan fingerprint density at radius 2 is 1.24 bits per heavy atom. The Hall–Kier alpha value is -6.35. The van der Waals surface area contributed by atoms with Crippen molar-refractivity contribution in [2.75, 3.05) is 5.32 Å². The molecule has 0 unspecified atom stereocenters. The lowest BCUT2D eigenvalue weighted by atomic mass is 9.99. The second kappa shape index (κ2) is 18.4. The molecule has 7 N–H and O–H groups in total. The van der Waals surface area contributed by atoms with Gasteiger partial charge >= 0.3 is 11.9 Å². The van der Waals surface area contributed by atoms with Gasteiger partial charge in [-0.05, 0) is 45.8 Å². The zero-order chi connectivity index (χ0) is 38.6. The van der Waals surface area contributed by atoms with E-state index in [2.05, 4.69) is 26.6 Å². The maximum atomic E-state index is 14.0. The molecule has 280 valence electrons. The fourth-order valence-corrected chi connectivity index (χ4v) is 6.58. The number of nitrogens with one attached hydrogen (secondary N) is 5. The lowest BCUT2D eigenvalue weighted by Crippen LogP contribution is -2.59. The topological polar surface area (TPSA) is 220 Å². The van der Waals surface area contributed by atoms with Gasteiger partial charge in [0, 0.05) is 42.7 Å². The number of hydrogen-bond donors (Lipinski definition) is 7. The molecule has 15 heteroatoms. The van der Waals surface area contributed by atoms with Crippen LogP contribution in [0.2, 0.25) is 0 Å². The Morgan fingerprint density at radius 3 is 1.87 bits per heavy atom. The number of amides is 5. The van der Waals surface area contributed by atoms with Gasteiger partial charge in [0.1, 0.15) is 24.2 Å². The molecule has 0 radical (unpaired) electrons. The molecule has 5 amide bonds. The van der Waals surface area contributed by atoms with Crippen molar-refractivity contribution in [1.29, 1.82) is 0 Å². The molecule has 14 nitrogen and oxygen atoms in total. The SMILES string of the molecule is O=C(O)C[C@H]1NC(=O)[C@H](Cc2ccc(-c3ccccc3)cc2)NC(=O)[C@@H](Cc2cccs2)NC(=O)CCC(=O)Nc2ccc(cc2)C[C@H](C(=O)O)NC1=O. The van der Waals surface area contributed by atoms with Gasteiger partial charge in [0.25, 0.3) is 0 Å². The summed E-state index contributed by atoms with van der Waals surface area (Å²) < 4.78 is 0. The van der Waals surface area contributed by atoms with Crippen molar-refractivity contribution in [2.24, 2.45) is 0 Å². The van der Waals surface area contributed by atoms with Crippen LogP contribution in [0.1, 0.15) is 35.3 Å². The van der Waals surface area contributed by atoms with Crippen molar-refractivity contribution < 1.29 is 43.8 Å². The van der Waals surface area contributed by atoms with Crippen LogP contribution in [0.25, 0.3) is 11.1 Å². The van der Waals surface area contributed by atoms with E-state index in [0.29, 0.717) is 16.8 Å². The first-order valence-electron chi connectivity index (χ1n) is 17.1. The van der Waals surface area contributed by atoms with Gasteiger partial charge in [-0.1, -0.05) is 72.8 Å². The van der Waals surface area contributed by atoms with Gasteiger partial charge in [-0.15, -0.1) is 11.3 Å². The third kappa shape index (κ3) is 11.3. The zero-order valence-corrected chi connectivity index (χ0v) is 29.8. The number of benzene rings is 3. The number of aliphatic carboxylic acids is 2. The quantitative estimate of drug-likeness (QED) is 0.131. The highest BCUT2D eigenvalue weighted by Crippen LogP contribution is 2.20. The Labute approximate surface area is 314 Å². The van der Waals surface area contributed by atoms with Crippen LogP contribution in [0.3, 0.4) is 0 Å². The van der Waals surface area contributed by atoms with E-state index < -0.39 is 72.1 Å². The van der Waals surface area contributed by atoms with E-state index >= 15 is 0 Å². The monoisotopic (exact) mass is 753 g/mol. The summed E-state index contributed by atoms with van der Waals surface area (Å²) in [7, 11) is 0. The Morgan fingerprint density at radius 1 is 0.630 bits per heavy atom. The first-order chi connectivity index (χ1) is 25.9. The molecule has 4 atom stereocenters. The first kappa shape index (κ1) is 38.9. The van der Waals surface area contributed by atoms with Crippen molar-refractivity contribution in [3.05, 3.63) is 112 Å². The van der Waals surface area contributed by atoms with Crippen LogP contribution in [-0.4, -0.2) is 75.9 Å². The van der Waals surface area contributed by atoms with Gasteiger partial charge in [-0.3, -0.25) is 28.8 Å². The fourth-order valence-electron chi connectivity index (χ4n) is 5.83. The third-order valence-electron chi connectivity index (χ3n) is 8.65. The maximum Gasteiger partial charge on any atom is 0.326 e. The predicted octanol–water partition coefficient (Wildman–Crippen LogP) is 2.67. The minimum Gasteiger partial charge on any atom is -0.481 e. The molecule has 0 spiro atoms. The van der Waals surface area contributed by atoms with Crippen LogP contribution in [-0.2, 0) is 52.8 Å². The lowest BCUT2D eigenvalue weighted by Gasteiger charge is -2.26. The van der Waals surface area contributed by atoms with Gasteiger partial charge in [0.2, 0.25) is 29.5 Å². The summed E-state index contributed by atoms with van der Waals surface area (Å²) in [4.78, 5) is 92.0. The van der Waals surface area contributed by atoms with E-state index in [1.165, 1.54) is 23.5 Å². The maximum absolute atomic E-state index is 14.0. The van der Waals surface area contributed by atoms with Gasteiger partial charge in [-0.2, -0.15) is 0 Å². The number of carboxylic acids is 2. The summed E-state index contributed by atoms with van der Waals surface area (Å²) in [6.45, 7) is 0. The molecule has 2 bridgehead atoms. The largest absolute Gasteiger partial charge is 0.481 e. The number of carbonyl (C=O) groups excluding carboxylic acids is 5. The average molecular weight is 754 g/mol. The molecule has 0 saturated carbocycles. The standard InChI is InChI=1S/C39H39N5O9S/c45-33-16-17-34(46)41-30(21-28-7-4-18-54-28)37(50)42-29(19-23-8-12-26(13-9-23)25-5-2-1-3-6-25)36(49)43-31(22-35(47)48)38(51)44-32(39(52)53)20-24-10-14-27(40-33)15-11-24/h1-15,18,29-32H,16-17,19-22H2,(H,40,45)(H,41,46)(H,42,50)(H,43,49)(H,44,51)(H,47,48)(H,52,53)/t29-,30+,31+,32+/m0/s1. The molecule has 1 aromatic heterocycles. The second-order valence-corrected chi connectivity index (χ2v) is 13.8. The number of fused-ring (bicyclic) bond motifs is 18. The minimum atomic E-state index is -1.72. The summed E-state index contributed by atoms with van der Waals surface area (Å²) in [5.41, 5.74) is 3.32. The van der Waals surface area contributed by atoms with Crippen molar-refractivity contribution >= 4 is 58.5 Å². The smallest absolute Gasteiger partial charge is 0.326 e. The molecule has 6 rings (SSSR count). The van der Waals surface area contributed by atoms with E-state index in [4.69, 9.17) is 0 Å². The van der Waals surface area contributed by atoms with Crippen molar-refractivity contribution in [2.45, 2.75) is 62.7 Å². The van der Waals surface area contributed by atoms with E-state index in [1.54, 1.807) is 41.8 Å². The Kier molecular flexibility index (Phi) is 13.3. The van der Waals surface area contributed by atoms with Gasteiger partial charge < -0.3 is 36.8 Å². The summed E-state index contributed by atoms with van der Waals surface area (Å²) in [6.07, 6.45) is -1.58. The second-order valence-electron chi connectivity index (χ2n) is 12.7. The minimum absolute atomic E-state index is 0.0640. The van der Waals surface area contributed by atoms with Crippen molar-refractivity contribution in [3.63, 3.8) is 0 Å². The molecule has 3 aromatic carbocycles. The normalized spacial score (nSPS) is 20.3. The van der Waals surface area contributed by atoms with Crippen molar-refractivity contribution in [1.82, 2.24) is 21.3 Å². The fraction of sp³-hybridized carbons (Fsp3) is 0.256. The summed E-state index contributed by atoms with van der Waals surface area (Å²) >= 11 is 1.35. The number of thiophene rings is 1. The molecule has 3 heterocycles. The van der Waals surface area contributed by atoms with Crippen LogP contribution in [0, 0.1) is 0 Å². The third-order valence-corrected chi connectivity index (χ3v) is 9.55. The van der Waals surface area contributed by atoms with Crippen LogP contribution in [0.15, 0.2) is 96.4 Å². The molecule has 0 fully saturated rings. The van der Waals surface area contributed by atoms with Gasteiger partial charge in [0.15, 0.2) is 0 Å². The van der Waals surface area contributed by atoms with Gasteiger partial charge in [0.05, 0.1) is 6.42 Å². The van der Waals surface area contributed by atoms with E-state index in [0.717, 1.165) is 16.0 Å². The van der Waals surface area contributed by atoms with E-state index in [1.807, 2.05) is 42.5 Å².